The first-order valence-corrected chi connectivity index (χ1v) is 8.38. The molecule has 0 N–H and O–H groups in total. The predicted molar refractivity (Wildman–Crippen MR) is 81.1 cm³/mol. The molecule has 17 heavy (non-hydrogen) atoms. The molecular weight excluding hydrogens is 276 g/mol. The van der Waals surface area contributed by atoms with E-state index in [0.29, 0.717) is 0 Å². The lowest BCUT2D eigenvalue weighted by Crippen LogP contribution is -2.19. The van der Waals surface area contributed by atoms with E-state index in [9.17, 15) is 0 Å². The van der Waals surface area contributed by atoms with Gasteiger partial charge in [0.2, 0.25) is 0 Å². The zero-order valence-electron chi connectivity index (χ0n) is 12.1. The molecule has 0 spiro atoms. The van der Waals surface area contributed by atoms with Crippen LogP contribution in [0.3, 0.4) is 0 Å². The Balaban J connectivity index is 2.99. The van der Waals surface area contributed by atoms with Crippen molar-refractivity contribution in [2.45, 2.75) is 84.2 Å². The zero-order valence-corrected chi connectivity index (χ0v) is 13.7. The first-order valence-electron chi connectivity index (χ1n) is 7.26. The van der Waals surface area contributed by atoms with E-state index in [1.54, 1.807) is 0 Å². The maximum atomic E-state index is 5.70. The van der Waals surface area contributed by atoms with Crippen LogP contribution in [0, 0.1) is 0 Å². The summed E-state index contributed by atoms with van der Waals surface area (Å²) < 4.78 is 5.70. The highest BCUT2D eigenvalue weighted by Crippen LogP contribution is 2.12. The Bertz CT molecular complexity index is 151. The van der Waals surface area contributed by atoms with Gasteiger partial charge in [-0.25, -0.2) is 0 Å². The average Bonchev–Trinajstić information content (AvgIpc) is 2.24. The highest BCUT2D eigenvalue weighted by atomic mass is 79.9. The summed E-state index contributed by atoms with van der Waals surface area (Å²) in [5.74, 6) is 0. The van der Waals surface area contributed by atoms with Crippen molar-refractivity contribution in [3.63, 3.8) is 0 Å². The molecule has 104 valence electrons. The van der Waals surface area contributed by atoms with Crippen LogP contribution in [0.2, 0.25) is 0 Å². The van der Waals surface area contributed by atoms with Crippen molar-refractivity contribution >= 4 is 15.9 Å². The fourth-order valence-electron chi connectivity index (χ4n) is 1.81. The Hall–Kier alpha value is 0.440. The number of rotatable bonds is 11. The van der Waals surface area contributed by atoms with Gasteiger partial charge in [0.1, 0.15) is 0 Å². The summed E-state index contributed by atoms with van der Waals surface area (Å²) in [5, 5.41) is 1.17. The lowest BCUT2D eigenvalue weighted by Gasteiger charge is -2.19. The van der Waals surface area contributed by atoms with Crippen molar-refractivity contribution in [3.05, 3.63) is 0 Å². The van der Waals surface area contributed by atoms with Gasteiger partial charge in [-0.3, -0.25) is 0 Å². The lowest BCUT2D eigenvalue weighted by atomic mass is 10.1. The molecule has 0 radical (unpaired) electrons. The smallest absolute Gasteiger partial charge is 0.0598 e. The van der Waals surface area contributed by atoms with Crippen LogP contribution in [0.25, 0.3) is 0 Å². The van der Waals surface area contributed by atoms with Crippen molar-refractivity contribution in [3.8, 4) is 0 Å². The van der Waals surface area contributed by atoms with Crippen LogP contribution in [0.15, 0.2) is 0 Å². The first kappa shape index (κ1) is 17.4. The third-order valence-electron chi connectivity index (χ3n) is 2.81. The number of unbranched alkanes of at least 4 members (excludes halogenated alkanes) is 8. The summed E-state index contributed by atoms with van der Waals surface area (Å²) in [6, 6.07) is 0. The fraction of sp³-hybridized carbons (Fsp3) is 1.00. The van der Waals surface area contributed by atoms with Crippen molar-refractivity contribution in [2.24, 2.45) is 0 Å². The molecule has 0 heterocycles. The first-order chi connectivity index (χ1) is 8.06. The highest BCUT2D eigenvalue weighted by Gasteiger charge is 2.08. The summed E-state index contributed by atoms with van der Waals surface area (Å²) in [6.45, 7) is 7.30. The Morgan fingerprint density at radius 2 is 1.12 bits per heavy atom. The zero-order chi connectivity index (χ0) is 13.0. The molecule has 0 saturated carbocycles. The summed E-state index contributed by atoms with van der Waals surface area (Å²) >= 11 is 3.47. The molecule has 0 aromatic heterocycles. The van der Waals surface area contributed by atoms with Gasteiger partial charge in [0.25, 0.3) is 0 Å². The van der Waals surface area contributed by atoms with Gasteiger partial charge in [-0.2, -0.15) is 0 Å². The number of hydrogen-bond donors (Lipinski definition) is 0. The molecule has 0 aliphatic heterocycles. The van der Waals surface area contributed by atoms with E-state index in [0.717, 1.165) is 6.61 Å². The molecule has 0 fully saturated rings. The molecule has 0 unspecified atom stereocenters. The molecule has 0 rings (SSSR count). The quantitative estimate of drug-likeness (QED) is 0.351. The van der Waals surface area contributed by atoms with Gasteiger partial charge in [0, 0.05) is 11.9 Å². The summed E-state index contributed by atoms with van der Waals surface area (Å²) in [4.78, 5) is 0. The standard InChI is InChI=1S/C15H31BrO/c1-15(2,3)17-14-12-10-8-6-4-5-7-9-11-13-16/h4-14H2,1-3H3. The van der Waals surface area contributed by atoms with E-state index in [2.05, 4.69) is 36.7 Å². The van der Waals surface area contributed by atoms with E-state index in [1.807, 2.05) is 0 Å². The van der Waals surface area contributed by atoms with Gasteiger partial charge in [-0.1, -0.05) is 60.9 Å². The van der Waals surface area contributed by atoms with E-state index in [4.69, 9.17) is 4.74 Å². The largest absolute Gasteiger partial charge is 0.376 e. The predicted octanol–water partition coefficient (Wildman–Crippen LogP) is 5.71. The third-order valence-corrected chi connectivity index (χ3v) is 3.37. The van der Waals surface area contributed by atoms with Crippen LogP contribution in [-0.2, 0) is 4.74 Å². The molecule has 0 aromatic rings. The van der Waals surface area contributed by atoms with Crippen LogP contribution in [0.5, 0.6) is 0 Å². The van der Waals surface area contributed by atoms with Crippen LogP contribution >= 0.6 is 15.9 Å². The molecule has 0 aliphatic carbocycles. The maximum absolute atomic E-state index is 5.70. The highest BCUT2D eigenvalue weighted by molar-refractivity contribution is 9.09. The minimum absolute atomic E-state index is 0.0371. The molecule has 0 bridgehead atoms. The molecule has 2 heteroatoms. The maximum Gasteiger partial charge on any atom is 0.0598 e. The topological polar surface area (TPSA) is 9.23 Å². The lowest BCUT2D eigenvalue weighted by molar-refractivity contribution is -0.00474. The summed E-state index contributed by atoms with van der Waals surface area (Å²) in [7, 11) is 0. The Labute approximate surface area is 117 Å². The van der Waals surface area contributed by atoms with Gasteiger partial charge >= 0.3 is 0 Å². The Morgan fingerprint density at radius 1 is 0.706 bits per heavy atom. The van der Waals surface area contributed by atoms with E-state index >= 15 is 0 Å². The van der Waals surface area contributed by atoms with Crippen LogP contribution in [0.4, 0.5) is 0 Å². The fourth-order valence-corrected chi connectivity index (χ4v) is 2.21. The normalized spacial score (nSPS) is 12.0. The van der Waals surface area contributed by atoms with Gasteiger partial charge in [-0.05, 0) is 33.6 Å². The Kier molecular flexibility index (Phi) is 11.8. The van der Waals surface area contributed by atoms with Crippen LogP contribution < -0.4 is 0 Å². The van der Waals surface area contributed by atoms with Gasteiger partial charge in [-0.15, -0.1) is 0 Å². The number of ether oxygens (including phenoxy) is 1. The van der Waals surface area contributed by atoms with Crippen molar-refractivity contribution in [1.29, 1.82) is 0 Å². The molecule has 0 aromatic carbocycles. The molecule has 0 amide bonds. The van der Waals surface area contributed by atoms with Gasteiger partial charge in [0.05, 0.1) is 5.60 Å². The van der Waals surface area contributed by atoms with E-state index in [1.165, 1.54) is 63.1 Å². The van der Waals surface area contributed by atoms with Gasteiger partial charge < -0.3 is 4.74 Å². The van der Waals surface area contributed by atoms with Crippen molar-refractivity contribution < 1.29 is 4.74 Å². The van der Waals surface area contributed by atoms with Crippen molar-refractivity contribution in [1.82, 2.24) is 0 Å². The minimum atomic E-state index is 0.0371. The molecule has 0 atom stereocenters. The molecule has 1 nitrogen and oxygen atoms in total. The van der Waals surface area contributed by atoms with Crippen molar-refractivity contribution in [2.75, 3.05) is 11.9 Å². The Morgan fingerprint density at radius 3 is 1.53 bits per heavy atom. The summed E-state index contributed by atoms with van der Waals surface area (Å²) in [5.41, 5.74) is 0.0371. The third kappa shape index (κ3) is 16.4. The van der Waals surface area contributed by atoms with E-state index in [-0.39, 0.29) is 5.60 Å². The van der Waals surface area contributed by atoms with E-state index < -0.39 is 0 Å². The van der Waals surface area contributed by atoms with Crippen LogP contribution in [-0.4, -0.2) is 17.5 Å². The SMILES string of the molecule is CC(C)(C)OCCCCCCCCCCCBr. The second kappa shape index (κ2) is 11.5. The minimum Gasteiger partial charge on any atom is -0.376 e. The molecule has 0 saturated heterocycles. The monoisotopic (exact) mass is 306 g/mol. The summed E-state index contributed by atoms with van der Waals surface area (Å²) in [6.07, 6.45) is 12.3. The molecular formula is C15H31BrO. The van der Waals surface area contributed by atoms with Gasteiger partial charge in [0.15, 0.2) is 0 Å². The number of hydrogen-bond acceptors (Lipinski definition) is 1. The number of alkyl halides is 1. The number of halogens is 1. The second-order valence-corrected chi connectivity index (χ2v) is 6.62. The second-order valence-electron chi connectivity index (χ2n) is 5.83. The molecule has 0 aliphatic rings. The van der Waals surface area contributed by atoms with Crippen LogP contribution in [0.1, 0.15) is 78.6 Å². The average molecular weight is 307 g/mol.